The van der Waals surface area contributed by atoms with Gasteiger partial charge in [-0.2, -0.15) is 0 Å². The molecule has 0 bridgehead atoms. The van der Waals surface area contributed by atoms with Crippen LogP contribution in [-0.4, -0.2) is 24.9 Å². The van der Waals surface area contributed by atoms with Crippen LogP contribution in [0.15, 0.2) is 51.7 Å². The number of hydrogen-bond donors (Lipinski definition) is 2. The average molecular weight is 383 g/mol. The van der Waals surface area contributed by atoms with Crippen LogP contribution in [0, 0.1) is 0 Å². The minimum absolute atomic E-state index is 0.145. The third-order valence-electron chi connectivity index (χ3n) is 4.41. The van der Waals surface area contributed by atoms with Crippen LogP contribution in [0.5, 0.6) is 17.2 Å². The molecule has 1 aromatic heterocycles. The maximum atomic E-state index is 11.8. The van der Waals surface area contributed by atoms with Gasteiger partial charge >= 0.3 is 5.63 Å². The van der Waals surface area contributed by atoms with Crippen LogP contribution in [0.1, 0.15) is 25.0 Å². The van der Waals surface area contributed by atoms with Crippen LogP contribution < -0.4 is 20.4 Å². The fraction of sp³-hybridized carbons (Fsp3) is 0.318. The Hall–Kier alpha value is -2.99. The molecule has 0 saturated heterocycles. The summed E-state index contributed by atoms with van der Waals surface area (Å²) in [6.07, 6.45) is 0.698. The first-order valence-corrected chi connectivity index (χ1v) is 9.45. The summed E-state index contributed by atoms with van der Waals surface area (Å²) >= 11 is 0. The minimum atomic E-state index is -0.432. The molecule has 0 atom stereocenters. The van der Waals surface area contributed by atoms with Crippen molar-refractivity contribution < 1.29 is 19.0 Å². The van der Waals surface area contributed by atoms with Crippen molar-refractivity contribution in [2.75, 3.05) is 19.8 Å². The maximum Gasteiger partial charge on any atom is 0.336 e. The average Bonchev–Trinajstić information content (AvgIpc) is 2.68. The molecule has 0 unspecified atom stereocenters. The van der Waals surface area contributed by atoms with E-state index < -0.39 is 5.63 Å². The molecule has 0 aliphatic heterocycles. The Balaban J connectivity index is 1.58. The van der Waals surface area contributed by atoms with Crippen LogP contribution in [0.4, 0.5) is 0 Å². The molecule has 0 saturated carbocycles. The number of phenols is 1. The Morgan fingerprint density at radius 3 is 2.39 bits per heavy atom. The molecule has 3 rings (SSSR count). The van der Waals surface area contributed by atoms with E-state index in [1.165, 1.54) is 12.1 Å². The molecule has 6 heteroatoms. The van der Waals surface area contributed by atoms with Gasteiger partial charge in [-0.1, -0.05) is 6.92 Å². The second-order valence-corrected chi connectivity index (χ2v) is 6.35. The molecule has 0 fully saturated rings. The van der Waals surface area contributed by atoms with Crippen molar-refractivity contribution in [2.45, 2.75) is 26.8 Å². The van der Waals surface area contributed by atoms with Crippen LogP contribution in [0.2, 0.25) is 0 Å². The van der Waals surface area contributed by atoms with Gasteiger partial charge < -0.3 is 24.3 Å². The lowest BCUT2D eigenvalue weighted by Gasteiger charge is -2.11. The summed E-state index contributed by atoms with van der Waals surface area (Å²) < 4.78 is 16.3. The molecule has 0 amide bonds. The highest BCUT2D eigenvalue weighted by molar-refractivity contribution is 5.82. The first-order chi connectivity index (χ1) is 13.6. The number of rotatable bonds is 9. The largest absolute Gasteiger partial charge is 0.508 e. The van der Waals surface area contributed by atoms with Crippen molar-refractivity contribution in [2.24, 2.45) is 0 Å². The quantitative estimate of drug-likeness (QED) is 0.434. The maximum absolute atomic E-state index is 11.8. The van der Waals surface area contributed by atoms with Gasteiger partial charge in [0.2, 0.25) is 0 Å². The monoisotopic (exact) mass is 383 g/mol. The number of benzene rings is 2. The lowest BCUT2D eigenvalue weighted by atomic mass is 10.0. The second kappa shape index (κ2) is 9.28. The number of phenolic OH excluding ortho intramolecular Hbond substituents is 1. The summed E-state index contributed by atoms with van der Waals surface area (Å²) in [5, 5.41) is 14.1. The first-order valence-electron chi connectivity index (χ1n) is 9.45. The van der Waals surface area contributed by atoms with E-state index >= 15 is 0 Å². The fourth-order valence-electron chi connectivity index (χ4n) is 3.00. The van der Waals surface area contributed by atoms with E-state index in [2.05, 4.69) is 5.32 Å². The highest BCUT2D eigenvalue weighted by atomic mass is 16.5. The summed E-state index contributed by atoms with van der Waals surface area (Å²) in [7, 11) is 0. The number of nitrogens with one attached hydrogen (secondary N) is 1. The van der Waals surface area contributed by atoms with Crippen molar-refractivity contribution in [1.82, 2.24) is 5.32 Å². The third kappa shape index (κ3) is 4.84. The Labute approximate surface area is 163 Å². The molecule has 0 radical (unpaired) electrons. The molecule has 2 aromatic carbocycles. The zero-order valence-electron chi connectivity index (χ0n) is 16.2. The highest BCUT2D eigenvalue weighted by Crippen LogP contribution is 2.26. The fourth-order valence-corrected chi connectivity index (χ4v) is 3.00. The van der Waals surface area contributed by atoms with Gasteiger partial charge in [0.1, 0.15) is 29.4 Å². The second-order valence-electron chi connectivity index (χ2n) is 6.35. The van der Waals surface area contributed by atoms with Gasteiger partial charge in [-0.25, -0.2) is 4.79 Å². The molecule has 0 aliphatic rings. The molecule has 3 aromatic rings. The van der Waals surface area contributed by atoms with Crippen molar-refractivity contribution in [3.05, 3.63) is 64.0 Å². The van der Waals surface area contributed by atoms with Gasteiger partial charge in [-0.05, 0) is 54.8 Å². The summed E-state index contributed by atoms with van der Waals surface area (Å²) in [5.74, 6) is 1.74. The normalized spacial score (nSPS) is 10.9. The van der Waals surface area contributed by atoms with Crippen molar-refractivity contribution in [3.8, 4) is 17.2 Å². The topological polar surface area (TPSA) is 80.9 Å². The number of fused-ring (bicyclic) bond motifs is 1. The molecule has 148 valence electrons. The van der Waals surface area contributed by atoms with Crippen LogP contribution in [-0.2, 0) is 13.0 Å². The zero-order valence-corrected chi connectivity index (χ0v) is 16.2. The molecular weight excluding hydrogens is 358 g/mol. The summed E-state index contributed by atoms with van der Waals surface area (Å²) in [6, 6.07) is 12.4. The standard InChI is InChI=1S/C22H25NO5/c1-3-15-11-19-16(12-22(25)28-21(19)13-20(15)24)14-23-9-10-27-18-7-5-17(6-8-18)26-4-2/h5-8,11-13,23-24H,3-4,9-10,14H2,1-2H3. The molecule has 2 N–H and O–H groups in total. The van der Waals surface area contributed by atoms with E-state index in [1.54, 1.807) is 0 Å². The number of ether oxygens (including phenoxy) is 2. The van der Waals surface area contributed by atoms with E-state index in [1.807, 2.05) is 44.2 Å². The summed E-state index contributed by atoms with van der Waals surface area (Å²) in [4.78, 5) is 11.8. The molecule has 6 nitrogen and oxygen atoms in total. The van der Waals surface area contributed by atoms with Crippen LogP contribution in [0.3, 0.4) is 0 Å². The van der Waals surface area contributed by atoms with E-state index in [0.29, 0.717) is 38.3 Å². The Bertz CT molecular complexity index is 979. The number of aryl methyl sites for hydroxylation is 1. The third-order valence-corrected chi connectivity index (χ3v) is 4.41. The highest BCUT2D eigenvalue weighted by Gasteiger charge is 2.10. The van der Waals surface area contributed by atoms with E-state index in [4.69, 9.17) is 13.9 Å². The van der Waals surface area contributed by atoms with Crippen LogP contribution >= 0.6 is 0 Å². The Kier molecular flexibility index (Phi) is 6.55. The molecule has 28 heavy (non-hydrogen) atoms. The van der Waals surface area contributed by atoms with E-state index in [9.17, 15) is 9.90 Å². The van der Waals surface area contributed by atoms with Gasteiger partial charge in [0.15, 0.2) is 0 Å². The molecule has 1 heterocycles. The smallest absolute Gasteiger partial charge is 0.336 e. The van der Waals surface area contributed by atoms with E-state index in [0.717, 1.165) is 28.0 Å². The predicted molar refractivity (Wildman–Crippen MR) is 108 cm³/mol. The van der Waals surface area contributed by atoms with Gasteiger partial charge in [0.05, 0.1) is 6.61 Å². The molecule has 0 spiro atoms. The van der Waals surface area contributed by atoms with E-state index in [-0.39, 0.29) is 5.75 Å². The van der Waals surface area contributed by atoms with Crippen LogP contribution in [0.25, 0.3) is 11.0 Å². The van der Waals surface area contributed by atoms with Gasteiger partial charge in [-0.3, -0.25) is 0 Å². The number of hydrogen-bond acceptors (Lipinski definition) is 6. The van der Waals surface area contributed by atoms with Crippen molar-refractivity contribution >= 4 is 11.0 Å². The Morgan fingerprint density at radius 1 is 1.00 bits per heavy atom. The lowest BCUT2D eigenvalue weighted by Crippen LogP contribution is -2.21. The summed E-state index contributed by atoms with van der Waals surface area (Å²) in [6.45, 7) is 6.17. The van der Waals surface area contributed by atoms with Crippen molar-refractivity contribution in [3.63, 3.8) is 0 Å². The first kappa shape index (κ1) is 19.8. The Morgan fingerprint density at radius 2 is 1.71 bits per heavy atom. The van der Waals surface area contributed by atoms with Crippen molar-refractivity contribution in [1.29, 1.82) is 0 Å². The van der Waals surface area contributed by atoms with Gasteiger partial charge in [0, 0.05) is 30.6 Å². The SMILES string of the molecule is CCOc1ccc(OCCNCc2cc(=O)oc3cc(O)c(CC)cc23)cc1. The summed E-state index contributed by atoms with van der Waals surface area (Å²) in [5.41, 5.74) is 1.62. The van der Waals surface area contributed by atoms with Gasteiger partial charge in [-0.15, -0.1) is 0 Å². The zero-order chi connectivity index (χ0) is 19.9. The molecular formula is C22H25NO5. The minimum Gasteiger partial charge on any atom is -0.508 e. The predicted octanol–water partition coefficient (Wildman–Crippen LogP) is 3.63. The van der Waals surface area contributed by atoms with Gasteiger partial charge in [0.25, 0.3) is 0 Å². The molecule has 0 aliphatic carbocycles. The number of aromatic hydroxyl groups is 1. The lowest BCUT2D eigenvalue weighted by molar-refractivity contribution is 0.311.